The van der Waals surface area contributed by atoms with Gasteiger partial charge < -0.3 is 9.52 Å². The van der Waals surface area contributed by atoms with Crippen molar-refractivity contribution in [3.8, 4) is 5.75 Å². The van der Waals surface area contributed by atoms with Crippen LogP contribution in [0.4, 0.5) is 5.69 Å². The third kappa shape index (κ3) is 3.88. The van der Waals surface area contributed by atoms with Crippen LogP contribution in [0.2, 0.25) is 0 Å². The van der Waals surface area contributed by atoms with E-state index in [2.05, 4.69) is 5.48 Å². The summed E-state index contributed by atoms with van der Waals surface area (Å²) < 4.78 is 4.91. The molecule has 0 spiro atoms. The first-order valence-electron chi connectivity index (χ1n) is 6.02. The van der Waals surface area contributed by atoms with Crippen molar-refractivity contribution in [2.75, 3.05) is 0 Å². The second-order valence-electron chi connectivity index (χ2n) is 4.39. The molecule has 0 saturated carbocycles. The molecule has 112 valence electrons. The van der Waals surface area contributed by atoms with Gasteiger partial charge in [0.2, 0.25) is 11.1 Å². The summed E-state index contributed by atoms with van der Waals surface area (Å²) in [4.78, 5) is 14.0. The van der Waals surface area contributed by atoms with Gasteiger partial charge in [-0.25, -0.2) is 0 Å². The number of aromatic hydroxyl groups is 1. The Bertz CT molecular complexity index is 665. The largest absolute Gasteiger partial charge is 0.502 e. The van der Waals surface area contributed by atoms with E-state index in [1.165, 1.54) is 12.1 Å². The van der Waals surface area contributed by atoms with Crippen LogP contribution in [0.3, 0.4) is 0 Å². The van der Waals surface area contributed by atoms with Crippen molar-refractivity contribution in [2.24, 2.45) is 0 Å². The maximum absolute atomic E-state index is 11.2. The molecule has 0 fully saturated rings. The molecule has 0 amide bonds. The number of quaternary nitrogens is 1. The van der Waals surface area contributed by atoms with Crippen LogP contribution in [0.15, 0.2) is 45.8 Å². The first-order chi connectivity index (χ1) is 9.88. The van der Waals surface area contributed by atoms with E-state index in [0.29, 0.717) is 0 Å². The predicted octanol–water partition coefficient (Wildman–Crippen LogP) is 1.38. The Kier molecular flexibility index (Phi) is 4.36. The minimum atomic E-state index is -1.83. The second kappa shape index (κ2) is 6.04. The fourth-order valence-electron chi connectivity index (χ4n) is 1.52. The average Bonchev–Trinajstić information content (AvgIpc) is 2.43. The van der Waals surface area contributed by atoms with Gasteiger partial charge in [0.05, 0.1) is 6.54 Å². The zero-order valence-electron chi connectivity index (χ0n) is 11.2. The minimum absolute atomic E-state index is 0.0836. The Labute approximate surface area is 119 Å². The molecule has 8 nitrogen and oxygen atoms in total. The summed E-state index contributed by atoms with van der Waals surface area (Å²) in [5.74, 6) is -0.351. The van der Waals surface area contributed by atoms with Gasteiger partial charge in [-0.05, 0) is 11.9 Å². The zero-order valence-corrected chi connectivity index (χ0v) is 11.2. The van der Waals surface area contributed by atoms with Crippen molar-refractivity contribution < 1.29 is 24.9 Å². The monoisotopic (exact) mass is 295 g/mol. The molecule has 0 saturated heterocycles. The summed E-state index contributed by atoms with van der Waals surface area (Å²) in [6, 6.07) is 7.41. The second-order valence-corrected chi connectivity index (χ2v) is 4.39. The van der Waals surface area contributed by atoms with Crippen LogP contribution in [-0.4, -0.2) is 15.5 Å². The van der Waals surface area contributed by atoms with E-state index >= 15 is 0 Å². The topological polar surface area (TPSA) is 112 Å². The first kappa shape index (κ1) is 15.2. The van der Waals surface area contributed by atoms with Gasteiger partial charge in [-0.1, -0.05) is 17.7 Å². The lowest BCUT2D eigenvalue weighted by Crippen LogP contribution is -2.46. The number of nitrogens with one attached hydrogen (secondary N) is 1. The number of benzene rings is 1. The van der Waals surface area contributed by atoms with E-state index in [0.717, 1.165) is 17.9 Å². The van der Waals surface area contributed by atoms with E-state index in [4.69, 9.17) is 14.5 Å². The fraction of sp³-hybridized carbons (Fsp3) is 0.154. The molecule has 21 heavy (non-hydrogen) atoms. The number of hydrogen-bond donors (Lipinski definition) is 4. The van der Waals surface area contributed by atoms with Crippen molar-refractivity contribution in [2.45, 2.75) is 13.5 Å². The molecule has 0 radical (unpaired) electrons. The fourth-order valence-corrected chi connectivity index (χ4v) is 1.52. The molecule has 0 bridgehead atoms. The van der Waals surface area contributed by atoms with Gasteiger partial charge in [-0.3, -0.25) is 4.79 Å². The van der Waals surface area contributed by atoms with Crippen LogP contribution < -0.4 is 15.9 Å². The molecule has 2 rings (SSSR count). The van der Waals surface area contributed by atoms with Crippen molar-refractivity contribution in [1.82, 2.24) is 10.5 Å². The minimum Gasteiger partial charge on any atom is -0.502 e. The average molecular weight is 295 g/mol. The highest BCUT2D eigenvalue weighted by Gasteiger charge is 2.30. The number of nitrogens with zero attached hydrogens (tertiary/aromatic N) is 1. The highest BCUT2D eigenvalue weighted by Crippen LogP contribution is 2.18. The molecule has 2 aromatic rings. The Hall–Kier alpha value is -2.23. The third-order valence-corrected chi connectivity index (χ3v) is 2.68. The molecule has 1 aromatic heterocycles. The Morgan fingerprint density at radius 2 is 1.95 bits per heavy atom. The molecule has 8 heteroatoms. The summed E-state index contributed by atoms with van der Waals surface area (Å²) in [6.45, 7) is 1.75. The lowest BCUT2D eigenvalue weighted by Gasteiger charge is -2.17. The number of hydrogen-bond acceptors (Lipinski definition) is 7. The Morgan fingerprint density at radius 1 is 1.29 bits per heavy atom. The van der Waals surface area contributed by atoms with Gasteiger partial charge in [0.25, 0.3) is 0 Å². The van der Waals surface area contributed by atoms with Gasteiger partial charge in [-0.2, -0.15) is 0 Å². The summed E-state index contributed by atoms with van der Waals surface area (Å²) in [7, 11) is 0. The smallest absolute Gasteiger partial charge is 0.239 e. The van der Waals surface area contributed by atoms with Gasteiger partial charge >= 0.3 is 0 Å². The van der Waals surface area contributed by atoms with Gasteiger partial charge in [0.15, 0.2) is 5.75 Å². The van der Waals surface area contributed by atoms with Crippen molar-refractivity contribution >= 4 is 5.69 Å². The number of aryl methyl sites for hydroxylation is 1. The maximum atomic E-state index is 11.2. The van der Waals surface area contributed by atoms with E-state index < -0.39 is 16.2 Å². The first-order valence-corrected chi connectivity index (χ1v) is 6.02. The zero-order chi connectivity index (χ0) is 15.5. The molecule has 4 N–H and O–H groups in total. The van der Waals surface area contributed by atoms with Crippen LogP contribution in [0.5, 0.6) is 5.75 Å². The molecule has 0 atom stereocenters. The van der Waals surface area contributed by atoms with Crippen LogP contribution in [0.1, 0.15) is 11.3 Å². The molecule has 0 aliphatic rings. The summed E-state index contributed by atoms with van der Waals surface area (Å²) in [5, 5.41) is 28.5. The predicted molar refractivity (Wildman–Crippen MR) is 71.1 cm³/mol. The lowest BCUT2D eigenvalue weighted by molar-refractivity contribution is -0.493. The Balaban J connectivity index is 1.96. The van der Waals surface area contributed by atoms with E-state index in [1.807, 2.05) is 6.92 Å². The molecule has 0 aliphatic heterocycles. The van der Waals surface area contributed by atoms with Crippen LogP contribution >= 0.6 is 0 Å². The van der Waals surface area contributed by atoms with Crippen molar-refractivity contribution in [1.29, 1.82) is 0 Å². The molecule has 0 aliphatic carbocycles. The van der Waals surface area contributed by atoms with Gasteiger partial charge in [0, 0.05) is 18.2 Å². The highest BCUT2D eigenvalue weighted by atomic mass is 17.2. The van der Waals surface area contributed by atoms with Gasteiger partial charge in [-0.15, -0.1) is 15.9 Å². The summed E-state index contributed by atoms with van der Waals surface area (Å²) in [5.41, 5.74) is 2.69. The van der Waals surface area contributed by atoms with E-state index in [1.54, 1.807) is 12.1 Å². The lowest BCUT2D eigenvalue weighted by atomic mass is 10.2. The van der Waals surface area contributed by atoms with Crippen LogP contribution in [0.25, 0.3) is 0 Å². The van der Waals surface area contributed by atoms with Crippen LogP contribution in [-0.2, 0) is 11.5 Å². The van der Waals surface area contributed by atoms with Crippen LogP contribution in [0, 0.1) is 6.92 Å². The third-order valence-electron chi connectivity index (χ3n) is 2.68. The standard InChI is InChI=1S/C13H14N2O6/c1-9-2-4-10(5-3-9)15(18,19)21-14-7-11-6-12(16)13(17)8-20-11/h2-6,8,14,18-19H,7H2,1H3/p+1. The van der Waals surface area contributed by atoms with Crippen molar-refractivity contribution in [3.05, 3.63) is 58.1 Å². The quantitative estimate of drug-likeness (QED) is 0.487. The molecule has 1 aromatic carbocycles. The SMILES string of the molecule is Cc1ccc([N+](O)(O)ONCc2cc(=O)c(O)co2)cc1. The maximum Gasteiger partial charge on any atom is 0.239 e. The van der Waals surface area contributed by atoms with E-state index in [-0.39, 0.29) is 18.0 Å². The molecular weight excluding hydrogens is 280 g/mol. The summed E-state index contributed by atoms with van der Waals surface area (Å²) in [6.07, 6.45) is 0.888. The van der Waals surface area contributed by atoms with Gasteiger partial charge in [0.1, 0.15) is 17.0 Å². The molecule has 0 unspecified atom stereocenters. The Morgan fingerprint density at radius 3 is 2.57 bits per heavy atom. The summed E-state index contributed by atoms with van der Waals surface area (Å²) >= 11 is 0. The molecule has 1 heterocycles. The highest BCUT2D eigenvalue weighted by molar-refractivity contribution is 5.38. The van der Waals surface area contributed by atoms with Crippen molar-refractivity contribution in [3.63, 3.8) is 0 Å². The normalized spacial score (nSPS) is 11.6. The number of hydroxylamine groups is 1. The number of rotatable bonds is 5. The van der Waals surface area contributed by atoms with E-state index in [9.17, 15) is 15.2 Å². The molecular formula is C13H15N2O6+.